The third-order valence-electron chi connectivity index (χ3n) is 3.96. The van der Waals surface area contributed by atoms with Crippen LogP contribution < -0.4 is 10.1 Å². The zero-order chi connectivity index (χ0) is 21.0. The Balaban J connectivity index is 1.64. The predicted octanol–water partition coefficient (Wildman–Crippen LogP) is 6.79. The van der Waals surface area contributed by atoms with E-state index in [4.69, 9.17) is 16.3 Å². The molecule has 3 rings (SSSR count). The number of ether oxygens (including phenoxy) is 1. The van der Waals surface area contributed by atoms with Crippen molar-refractivity contribution in [2.75, 3.05) is 5.32 Å². The number of nitrogens with one attached hydrogen (secondary N) is 1. The van der Waals surface area contributed by atoms with Gasteiger partial charge in [-0.05, 0) is 82.8 Å². The summed E-state index contributed by atoms with van der Waals surface area (Å²) < 4.78 is 45.6. The normalized spacial score (nSPS) is 11.2. The average molecular weight is 532 g/mol. The number of benzene rings is 3. The van der Waals surface area contributed by atoms with Gasteiger partial charge in [0.2, 0.25) is 0 Å². The molecule has 1 N–H and O–H groups in total. The van der Waals surface area contributed by atoms with Gasteiger partial charge in [-0.3, -0.25) is 4.79 Å². The molecule has 8 heteroatoms. The van der Waals surface area contributed by atoms with E-state index in [1.807, 2.05) is 24.3 Å². The van der Waals surface area contributed by atoms with Gasteiger partial charge in [0.15, 0.2) is 0 Å². The molecular formula is C21H14ClF3INO2. The van der Waals surface area contributed by atoms with Gasteiger partial charge in [0.05, 0.1) is 10.6 Å². The van der Waals surface area contributed by atoms with Crippen molar-refractivity contribution in [1.82, 2.24) is 0 Å². The minimum absolute atomic E-state index is 0.0119. The molecule has 1 amide bonds. The van der Waals surface area contributed by atoms with Crippen LogP contribution in [-0.4, -0.2) is 5.91 Å². The standard InChI is InChI=1S/C21H14ClF3INO2/c22-19-10-7-16(11-18(19)21(23,24)25)27-20(28)14-3-1-13(2-4-14)12-29-17-8-5-15(26)6-9-17/h1-11H,12H2,(H,27,28). The zero-order valence-corrected chi connectivity index (χ0v) is 17.7. The number of carbonyl (C=O) groups excluding carboxylic acids is 1. The highest BCUT2D eigenvalue weighted by Gasteiger charge is 2.33. The van der Waals surface area contributed by atoms with Gasteiger partial charge in [-0.15, -0.1) is 0 Å². The van der Waals surface area contributed by atoms with Gasteiger partial charge < -0.3 is 10.1 Å². The maximum Gasteiger partial charge on any atom is 0.417 e. The monoisotopic (exact) mass is 531 g/mol. The molecule has 3 aromatic rings. The number of rotatable bonds is 5. The molecule has 0 fully saturated rings. The fourth-order valence-electron chi connectivity index (χ4n) is 2.47. The molecule has 0 aliphatic heterocycles. The molecule has 0 spiro atoms. The fourth-order valence-corrected chi connectivity index (χ4v) is 3.06. The van der Waals surface area contributed by atoms with E-state index in [0.717, 1.165) is 27.0 Å². The first-order chi connectivity index (χ1) is 13.7. The Hall–Kier alpha value is -2.26. The molecule has 0 saturated heterocycles. The Bertz CT molecular complexity index is 1010. The van der Waals surface area contributed by atoms with Crippen LogP contribution in [-0.2, 0) is 12.8 Å². The molecule has 0 unspecified atom stereocenters. The van der Waals surface area contributed by atoms with E-state index >= 15 is 0 Å². The first-order valence-electron chi connectivity index (χ1n) is 8.38. The molecule has 0 heterocycles. The van der Waals surface area contributed by atoms with Gasteiger partial charge in [0.1, 0.15) is 12.4 Å². The van der Waals surface area contributed by atoms with Crippen LogP contribution in [0.3, 0.4) is 0 Å². The summed E-state index contributed by atoms with van der Waals surface area (Å²) in [7, 11) is 0. The SMILES string of the molecule is O=C(Nc1ccc(Cl)c(C(F)(F)F)c1)c1ccc(COc2ccc(I)cc2)cc1. The van der Waals surface area contributed by atoms with Crippen LogP contribution in [0.1, 0.15) is 21.5 Å². The number of halogens is 5. The lowest BCUT2D eigenvalue weighted by atomic mass is 10.1. The number of carbonyl (C=O) groups is 1. The average Bonchev–Trinajstić information content (AvgIpc) is 2.68. The zero-order valence-electron chi connectivity index (χ0n) is 14.8. The third-order valence-corrected chi connectivity index (χ3v) is 5.01. The third kappa shape index (κ3) is 5.86. The predicted molar refractivity (Wildman–Crippen MR) is 114 cm³/mol. The molecule has 0 aromatic heterocycles. The highest BCUT2D eigenvalue weighted by atomic mass is 127. The molecule has 150 valence electrons. The van der Waals surface area contributed by atoms with Crippen LogP contribution in [0.2, 0.25) is 5.02 Å². The molecule has 0 aliphatic carbocycles. The molecule has 0 bridgehead atoms. The second kappa shape index (κ2) is 9.04. The first kappa shape index (κ1) is 21.4. The largest absolute Gasteiger partial charge is 0.489 e. The van der Waals surface area contributed by atoms with Crippen molar-refractivity contribution in [2.45, 2.75) is 12.8 Å². The topological polar surface area (TPSA) is 38.3 Å². The lowest BCUT2D eigenvalue weighted by Crippen LogP contribution is -2.13. The van der Waals surface area contributed by atoms with Gasteiger partial charge in [0, 0.05) is 14.8 Å². The van der Waals surface area contributed by atoms with E-state index in [9.17, 15) is 18.0 Å². The number of anilines is 1. The van der Waals surface area contributed by atoms with Gasteiger partial charge in [-0.1, -0.05) is 23.7 Å². The Labute approximate surface area is 184 Å². The van der Waals surface area contributed by atoms with E-state index in [2.05, 4.69) is 27.9 Å². The Morgan fingerprint density at radius 1 is 1.00 bits per heavy atom. The van der Waals surface area contributed by atoms with Gasteiger partial charge >= 0.3 is 6.18 Å². The molecule has 0 radical (unpaired) electrons. The van der Waals surface area contributed by atoms with E-state index in [1.165, 1.54) is 6.07 Å². The second-order valence-electron chi connectivity index (χ2n) is 6.09. The molecule has 0 atom stereocenters. The molecular weight excluding hydrogens is 518 g/mol. The maximum atomic E-state index is 12.9. The summed E-state index contributed by atoms with van der Waals surface area (Å²) >= 11 is 7.79. The first-order valence-corrected chi connectivity index (χ1v) is 9.83. The van der Waals surface area contributed by atoms with Crippen LogP contribution in [0.4, 0.5) is 18.9 Å². The van der Waals surface area contributed by atoms with Gasteiger partial charge in [-0.2, -0.15) is 13.2 Å². The van der Waals surface area contributed by atoms with E-state index in [0.29, 0.717) is 12.2 Å². The van der Waals surface area contributed by atoms with Crippen LogP contribution in [0.15, 0.2) is 66.7 Å². The second-order valence-corrected chi connectivity index (χ2v) is 7.74. The molecule has 0 saturated carbocycles. The van der Waals surface area contributed by atoms with Crippen molar-refractivity contribution >= 4 is 45.8 Å². The Morgan fingerprint density at radius 2 is 1.66 bits per heavy atom. The number of alkyl halides is 3. The number of hydrogen-bond donors (Lipinski definition) is 1. The van der Waals surface area contributed by atoms with Gasteiger partial charge in [0.25, 0.3) is 5.91 Å². The minimum Gasteiger partial charge on any atom is -0.489 e. The molecule has 3 nitrogen and oxygen atoms in total. The van der Waals surface area contributed by atoms with E-state index < -0.39 is 22.7 Å². The summed E-state index contributed by atoms with van der Waals surface area (Å²) in [6.07, 6.45) is -4.60. The summed E-state index contributed by atoms with van der Waals surface area (Å²) in [5, 5.41) is 2.03. The van der Waals surface area contributed by atoms with Crippen molar-refractivity contribution < 1.29 is 22.7 Å². The summed E-state index contributed by atoms with van der Waals surface area (Å²) in [5.74, 6) is 0.209. The molecule has 29 heavy (non-hydrogen) atoms. The molecule has 3 aromatic carbocycles. The fraction of sp³-hybridized carbons (Fsp3) is 0.0952. The van der Waals surface area contributed by atoms with Gasteiger partial charge in [-0.25, -0.2) is 0 Å². The van der Waals surface area contributed by atoms with Crippen molar-refractivity contribution in [3.05, 3.63) is 92.0 Å². The molecule has 0 aliphatic rings. The maximum absolute atomic E-state index is 12.9. The van der Waals surface area contributed by atoms with Crippen molar-refractivity contribution in [1.29, 1.82) is 0 Å². The van der Waals surface area contributed by atoms with Crippen molar-refractivity contribution in [2.24, 2.45) is 0 Å². The summed E-state index contributed by atoms with van der Waals surface area (Å²) in [6.45, 7) is 0.328. The van der Waals surface area contributed by atoms with Crippen molar-refractivity contribution in [3.8, 4) is 5.75 Å². The summed E-state index contributed by atoms with van der Waals surface area (Å²) in [5.41, 5.74) is 0.176. The van der Waals surface area contributed by atoms with Crippen LogP contribution in [0.25, 0.3) is 0 Å². The minimum atomic E-state index is -4.60. The highest BCUT2D eigenvalue weighted by Crippen LogP contribution is 2.36. The summed E-state index contributed by atoms with van der Waals surface area (Å²) in [4.78, 5) is 12.3. The smallest absolute Gasteiger partial charge is 0.417 e. The quantitative estimate of drug-likeness (QED) is 0.368. The van der Waals surface area contributed by atoms with Crippen LogP contribution in [0, 0.1) is 3.57 Å². The lowest BCUT2D eigenvalue weighted by Gasteiger charge is -2.12. The van der Waals surface area contributed by atoms with E-state index in [1.54, 1.807) is 24.3 Å². The summed E-state index contributed by atoms with van der Waals surface area (Å²) in [6, 6.07) is 17.5. The Morgan fingerprint density at radius 3 is 2.28 bits per heavy atom. The highest BCUT2D eigenvalue weighted by molar-refractivity contribution is 14.1. The van der Waals surface area contributed by atoms with Crippen LogP contribution in [0.5, 0.6) is 5.75 Å². The number of amides is 1. The van der Waals surface area contributed by atoms with E-state index in [-0.39, 0.29) is 5.69 Å². The lowest BCUT2D eigenvalue weighted by molar-refractivity contribution is -0.137. The van der Waals surface area contributed by atoms with Crippen molar-refractivity contribution in [3.63, 3.8) is 0 Å². The Kier molecular flexibility index (Phi) is 6.69. The van der Waals surface area contributed by atoms with Crippen LogP contribution >= 0.6 is 34.2 Å². The number of hydrogen-bond acceptors (Lipinski definition) is 2.